The third-order valence-corrected chi connectivity index (χ3v) is 5.09. The van der Waals surface area contributed by atoms with E-state index in [0.29, 0.717) is 0 Å². The van der Waals surface area contributed by atoms with Crippen LogP contribution in [-0.4, -0.2) is 14.2 Å². The molecule has 4 aromatic carbocycles. The maximum atomic E-state index is 14.9. The van der Waals surface area contributed by atoms with E-state index in [-0.39, 0.29) is 11.5 Å². The van der Waals surface area contributed by atoms with E-state index >= 15 is 0 Å². The van der Waals surface area contributed by atoms with E-state index in [9.17, 15) is 35.1 Å². The van der Waals surface area contributed by atoms with Crippen molar-refractivity contribution >= 4 is 21.5 Å². The van der Waals surface area contributed by atoms with Crippen molar-refractivity contribution in [3.8, 4) is 22.6 Å². The van der Waals surface area contributed by atoms with Crippen LogP contribution in [0.5, 0.6) is 11.5 Å². The molecule has 0 amide bonds. The Morgan fingerprint density at radius 3 is 1.06 bits per heavy atom. The van der Waals surface area contributed by atoms with Gasteiger partial charge >= 0.3 is 0 Å². The van der Waals surface area contributed by atoms with Crippen molar-refractivity contribution in [2.45, 2.75) is 0 Å². The van der Waals surface area contributed by atoms with Crippen LogP contribution in [0.4, 0.5) is 35.1 Å². The normalized spacial score (nSPS) is 11.4. The van der Waals surface area contributed by atoms with Gasteiger partial charge in [0.1, 0.15) is 11.5 Å². The van der Waals surface area contributed by atoms with E-state index in [1.54, 1.807) is 0 Å². The largest absolute Gasteiger partial charge is 0.496 e. The van der Waals surface area contributed by atoms with Crippen LogP contribution in [0.25, 0.3) is 32.7 Å². The number of ether oxygens (including phenoxy) is 2. The average Bonchev–Trinajstić information content (AvgIpc) is 2.81. The fourth-order valence-electron chi connectivity index (χ4n) is 3.67. The number of fused-ring (bicyclic) bond motifs is 2. The van der Waals surface area contributed by atoms with Gasteiger partial charge in [-0.2, -0.15) is 0 Å². The molecule has 32 heavy (non-hydrogen) atoms. The van der Waals surface area contributed by atoms with Crippen molar-refractivity contribution < 1.29 is 44.6 Å². The number of hydrogen-bond donors (Lipinski definition) is 0. The highest BCUT2D eigenvalue weighted by Gasteiger charge is 2.30. The summed E-state index contributed by atoms with van der Waals surface area (Å²) in [5.74, 6) is -16.4. The first-order valence-corrected chi connectivity index (χ1v) is 8.81. The lowest BCUT2D eigenvalue weighted by molar-refractivity contribution is 0.407. The molecule has 0 heterocycles. The van der Waals surface area contributed by atoms with Crippen LogP contribution in [0.3, 0.4) is 0 Å². The highest BCUT2D eigenvalue weighted by molar-refractivity contribution is 6.10. The number of rotatable bonds is 3. The van der Waals surface area contributed by atoms with Gasteiger partial charge in [0.25, 0.3) is 0 Å². The van der Waals surface area contributed by atoms with Crippen LogP contribution < -0.4 is 9.47 Å². The van der Waals surface area contributed by atoms with Crippen LogP contribution in [0, 0.1) is 46.5 Å². The van der Waals surface area contributed by atoms with Crippen molar-refractivity contribution in [2.75, 3.05) is 14.2 Å². The second-order valence-electron chi connectivity index (χ2n) is 6.64. The van der Waals surface area contributed by atoms with Crippen LogP contribution in [0.15, 0.2) is 24.3 Å². The number of methoxy groups -OCH3 is 2. The molecule has 0 bridgehead atoms. The molecular weight excluding hydrogens is 448 g/mol. The summed E-state index contributed by atoms with van der Waals surface area (Å²) in [5.41, 5.74) is -1.18. The molecule has 4 aromatic rings. The zero-order chi connectivity index (χ0) is 23.5. The molecule has 0 saturated carbocycles. The van der Waals surface area contributed by atoms with Crippen LogP contribution in [0.2, 0.25) is 0 Å². The van der Waals surface area contributed by atoms with Gasteiger partial charge in [0, 0.05) is 32.7 Å². The van der Waals surface area contributed by atoms with Crippen LogP contribution in [0.1, 0.15) is 0 Å². The molecule has 0 fully saturated rings. The molecule has 0 spiro atoms. The molecule has 0 aliphatic heterocycles. The van der Waals surface area contributed by atoms with Gasteiger partial charge in [-0.3, -0.25) is 0 Å². The fraction of sp³-hybridized carbons (Fsp3) is 0.0909. The Bertz CT molecular complexity index is 1320. The Labute approximate surface area is 174 Å². The van der Waals surface area contributed by atoms with Crippen molar-refractivity contribution in [2.24, 2.45) is 0 Å². The molecule has 0 saturated heterocycles. The zero-order valence-electron chi connectivity index (χ0n) is 16.1. The van der Waals surface area contributed by atoms with E-state index in [0.717, 1.165) is 38.5 Å². The second kappa shape index (κ2) is 7.54. The molecular formula is C22H10F8O2. The summed E-state index contributed by atoms with van der Waals surface area (Å²) in [6.07, 6.45) is 0. The smallest absolute Gasteiger partial charge is 0.198 e. The van der Waals surface area contributed by atoms with E-state index in [2.05, 4.69) is 0 Å². The highest BCUT2D eigenvalue weighted by atomic mass is 19.2. The van der Waals surface area contributed by atoms with Crippen LogP contribution in [-0.2, 0) is 0 Å². The molecule has 0 aliphatic rings. The van der Waals surface area contributed by atoms with Crippen molar-refractivity contribution in [3.05, 3.63) is 70.8 Å². The molecule has 4 rings (SSSR count). The Balaban J connectivity index is 2.37. The predicted molar refractivity (Wildman–Crippen MR) is 99.7 cm³/mol. The van der Waals surface area contributed by atoms with Gasteiger partial charge in [-0.1, -0.05) is 0 Å². The highest BCUT2D eigenvalue weighted by Crippen LogP contribution is 2.48. The van der Waals surface area contributed by atoms with Gasteiger partial charge in [-0.05, 0) is 24.3 Å². The molecule has 2 nitrogen and oxygen atoms in total. The van der Waals surface area contributed by atoms with E-state index in [1.807, 2.05) is 0 Å². The minimum absolute atomic E-state index is 0.322. The first-order chi connectivity index (χ1) is 15.1. The number of benzene rings is 4. The van der Waals surface area contributed by atoms with Crippen LogP contribution >= 0.6 is 0 Å². The Morgan fingerprint density at radius 2 is 0.750 bits per heavy atom. The second-order valence-corrected chi connectivity index (χ2v) is 6.64. The lowest BCUT2D eigenvalue weighted by Gasteiger charge is -2.19. The molecule has 0 radical (unpaired) electrons. The molecule has 0 atom stereocenters. The lowest BCUT2D eigenvalue weighted by atomic mass is 9.91. The maximum absolute atomic E-state index is 14.9. The molecule has 10 heteroatoms. The minimum Gasteiger partial charge on any atom is -0.496 e. The first kappa shape index (κ1) is 21.7. The summed E-state index contributed by atoms with van der Waals surface area (Å²) >= 11 is 0. The van der Waals surface area contributed by atoms with Crippen molar-refractivity contribution in [1.29, 1.82) is 0 Å². The Hall–Kier alpha value is -3.56. The third kappa shape index (κ3) is 2.78. The van der Waals surface area contributed by atoms with Gasteiger partial charge in [-0.25, -0.2) is 35.1 Å². The maximum Gasteiger partial charge on any atom is 0.198 e. The molecule has 0 aromatic heterocycles. The monoisotopic (exact) mass is 458 g/mol. The molecule has 0 aliphatic carbocycles. The summed E-state index contributed by atoms with van der Waals surface area (Å²) in [4.78, 5) is 0. The van der Waals surface area contributed by atoms with Gasteiger partial charge in [-0.15, -0.1) is 0 Å². The van der Waals surface area contributed by atoms with E-state index < -0.39 is 79.2 Å². The summed E-state index contributed by atoms with van der Waals surface area (Å²) in [6.45, 7) is 0. The number of hydrogen-bond acceptors (Lipinski definition) is 2. The number of halogens is 8. The molecule has 166 valence electrons. The molecule has 0 unspecified atom stereocenters. The summed E-state index contributed by atoms with van der Waals surface area (Å²) in [5, 5.41) is -3.34. The quantitative estimate of drug-likeness (QED) is 0.191. The minimum atomic E-state index is -2.17. The van der Waals surface area contributed by atoms with E-state index in [4.69, 9.17) is 9.47 Å². The summed E-state index contributed by atoms with van der Waals surface area (Å²) in [7, 11) is 2.15. The fourth-order valence-corrected chi connectivity index (χ4v) is 3.67. The van der Waals surface area contributed by atoms with Gasteiger partial charge in [0.15, 0.2) is 46.5 Å². The Kier molecular flexibility index (Phi) is 5.10. The SMILES string of the molecule is COc1ccc2c(F)c(F)c(F)c(F)c2c1-c1c(OC)ccc2c(F)c(F)c(F)c(F)c12. The van der Waals surface area contributed by atoms with Crippen molar-refractivity contribution in [1.82, 2.24) is 0 Å². The zero-order valence-corrected chi connectivity index (χ0v) is 16.1. The molecule has 0 N–H and O–H groups in total. The predicted octanol–water partition coefficient (Wildman–Crippen LogP) is 6.79. The van der Waals surface area contributed by atoms with Gasteiger partial charge in [0.2, 0.25) is 0 Å². The topological polar surface area (TPSA) is 18.5 Å². The third-order valence-electron chi connectivity index (χ3n) is 5.09. The van der Waals surface area contributed by atoms with Gasteiger partial charge < -0.3 is 9.47 Å². The van der Waals surface area contributed by atoms with Gasteiger partial charge in [0.05, 0.1) is 14.2 Å². The Morgan fingerprint density at radius 1 is 0.438 bits per heavy atom. The summed E-state index contributed by atoms with van der Waals surface area (Å²) in [6, 6.07) is 3.83. The standard InChI is InChI=1S/C22H10F8O2/c1-31-9-5-3-7-11(17(25)21(29)19(27)15(7)23)13(9)14-10(32-2)6-4-8-12(14)18(26)22(30)20(28)16(8)24/h3-6H,1-2H3. The van der Waals surface area contributed by atoms with Crippen molar-refractivity contribution in [3.63, 3.8) is 0 Å². The van der Waals surface area contributed by atoms with E-state index in [1.165, 1.54) is 0 Å². The first-order valence-electron chi connectivity index (χ1n) is 8.81. The average molecular weight is 458 g/mol. The lowest BCUT2D eigenvalue weighted by Crippen LogP contribution is -2.04. The summed E-state index contributed by atoms with van der Waals surface area (Å²) < 4.78 is 125.